The summed E-state index contributed by atoms with van der Waals surface area (Å²) in [5.41, 5.74) is 2.18. The first-order chi connectivity index (χ1) is 9.11. The molecule has 0 fully saturated rings. The quantitative estimate of drug-likeness (QED) is 0.762. The molecule has 0 spiro atoms. The minimum Gasteiger partial charge on any atom is -0.345 e. The molecule has 0 amide bonds. The molecule has 2 nitrogen and oxygen atoms in total. The Morgan fingerprint density at radius 3 is 2.70 bits per heavy atom. The Labute approximate surface area is 135 Å². The number of H-pyrrole nitrogens is 1. The number of imidazole rings is 1. The lowest BCUT2D eigenvalue weighted by atomic mass is 9.91. The minimum atomic E-state index is 0. The van der Waals surface area contributed by atoms with E-state index >= 15 is 0 Å². The number of aromatic amines is 1. The van der Waals surface area contributed by atoms with Gasteiger partial charge in [-0.25, -0.2) is 4.98 Å². The van der Waals surface area contributed by atoms with Crippen molar-refractivity contribution in [3.05, 3.63) is 52.0 Å². The van der Waals surface area contributed by atoms with E-state index in [4.69, 9.17) is 23.2 Å². The standard InChI is InChI=1S/C15H16Cl2N2.ClH/c1-3-10(2)13(9-15-18-6-7-19-15)12-5-4-11(16)8-14(12)17;/h4-10H,3H2,1-2H3,(H,18,19);1H/b13-9-;. The van der Waals surface area contributed by atoms with Crippen LogP contribution in [0.1, 0.15) is 31.7 Å². The molecule has 1 aromatic heterocycles. The van der Waals surface area contributed by atoms with Gasteiger partial charge in [0.05, 0.1) is 0 Å². The van der Waals surface area contributed by atoms with Crippen LogP contribution in [0.15, 0.2) is 30.6 Å². The van der Waals surface area contributed by atoms with Gasteiger partial charge >= 0.3 is 0 Å². The number of allylic oxidation sites excluding steroid dienone is 1. The van der Waals surface area contributed by atoms with Crippen molar-refractivity contribution in [2.24, 2.45) is 5.92 Å². The first kappa shape index (κ1) is 17.1. The fourth-order valence-electron chi connectivity index (χ4n) is 1.93. The van der Waals surface area contributed by atoms with Crippen molar-refractivity contribution in [2.75, 3.05) is 0 Å². The van der Waals surface area contributed by atoms with Crippen LogP contribution in [-0.4, -0.2) is 9.97 Å². The van der Waals surface area contributed by atoms with Crippen molar-refractivity contribution in [1.29, 1.82) is 0 Å². The van der Waals surface area contributed by atoms with Gasteiger partial charge in [0.15, 0.2) is 0 Å². The number of benzene rings is 1. The van der Waals surface area contributed by atoms with Crippen molar-refractivity contribution in [2.45, 2.75) is 20.3 Å². The van der Waals surface area contributed by atoms with Gasteiger partial charge in [-0.3, -0.25) is 0 Å². The fraction of sp³-hybridized carbons (Fsp3) is 0.267. The summed E-state index contributed by atoms with van der Waals surface area (Å²) < 4.78 is 0. The van der Waals surface area contributed by atoms with Gasteiger partial charge in [-0.1, -0.05) is 43.1 Å². The molecule has 1 N–H and O–H groups in total. The Balaban J connectivity index is 0.00000200. The normalized spacial score (nSPS) is 12.9. The molecule has 1 unspecified atom stereocenters. The number of hydrogen-bond donors (Lipinski definition) is 1. The summed E-state index contributed by atoms with van der Waals surface area (Å²) >= 11 is 12.3. The summed E-state index contributed by atoms with van der Waals surface area (Å²) in [6.45, 7) is 4.34. The lowest BCUT2D eigenvalue weighted by molar-refractivity contribution is 0.720. The van der Waals surface area contributed by atoms with Crippen molar-refractivity contribution in [3.8, 4) is 0 Å². The predicted octanol–water partition coefficient (Wildman–Crippen LogP) is 5.73. The fourth-order valence-corrected chi connectivity index (χ4v) is 2.45. The maximum atomic E-state index is 6.31. The molecule has 0 aliphatic rings. The van der Waals surface area contributed by atoms with Crippen LogP contribution in [0, 0.1) is 5.92 Å². The van der Waals surface area contributed by atoms with Gasteiger partial charge in [-0.2, -0.15) is 0 Å². The van der Waals surface area contributed by atoms with Crippen molar-refractivity contribution in [3.63, 3.8) is 0 Å². The van der Waals surface area contributed by atoms with Crippen LogP contribution in [-0.2, 0) is 0 Å². The second-order valence-corrected chi connectivity index (χ2v) is 5.35. The van der Waals surface area contributed by atoms with E-state index in [2.05, 4.69) is 23.8 Å². The van der Waals surface area contributed by atoms with Crippen LogP contribution < -0.4 is 0 Å². The Hall–Kier alpha value is -0.960. The van der Waals surface area contributed by atoms with Crippen LogP contribution in [0.25, 0.3) is 11.6 Å². The highest BCUT2D eigenvalue weighted by Crippen LogP contribution is 2.33. The second kappa shape index (κ2) is 7.72. The molecule has 108 valence electrons. The first-order valence-electron chi connectivity index (χ1n) is 6.28. The summed E-state index contributed by atoms with van der Waals surface area (Å²) in [5.74, 6) is 1.23. The Morgan fingerprint density at radius 1 is 1.40 bits per heavy atom. The third-order valence-corrected chi connectivity index (χ3v) is 3.74. The van der Waals surface area contributed by atoms with E-state index in [1.807, 2.05) is 24.4 Å². The topological polar surface area (TPSA) is 28.7 Å². The molecular formula is C15H17Cl3N2. The smallest absolute Gasteiger partial charge is 0.130 e. The van der Waals surface area contributed by atoms with Crippen molar-refractivity contribution in [1.82, 2.24) is 9.97 Å². The lowest BCUT2D eigenvalue weighted by Crippen LogP contribution is -1.98. The third kappa shape index (κ3) is 4.02. The van der Waals surface area contributed by atoms with E-state index in [1.54, 1.807) is 12.3 Å². The number of nitrogens with zero attached hydrogens (tertiary/aromatic N) is 1. The summed E-state index contributed by atoms with van der Waals surface area (Å²) in [6, 6.07) is 5.60. The average Bonchev–Trinajstić information content (AvgIpc) is 2.89. The minimum absolute atomic E-state index is 0. The highest BCUT2D eigenvalue weighted by Gasteiger charge is 2.13. The Bertz CT molecular complexity index is 577. The summed E-state index contributed by atoms with van der Waals surface area (Å²) in [6.07, 6.45) is 6.63. The van der Waals surface area contributed by atoms with Gasteiger partial charge in [0.2, 0.25) is 0 Å². The van der Waals surface area contributed by atoms with E-state index in [1.165, 1.54) is 5.57 Å². The molecule has 0 saturated carbocycles. The van der Waals surface area contributed by atoms with Crippen molar-refractivity contribution < 1.29 is 0 Å². The summed E-state index contributed by atoms with van der Waals surface area (Å²) in [4.78, 5) is 7.33. The molecule has 20 heavy (non-hydrogen) atoms. The van der Waals surface area contributed by atoms with E-state index in [-0.39, 0.29) is 12.4 Å². The molecule has 0 radical (unpaired) electrons. The molecular weight excluding hydrogens is 315 g/mol. The molecule has 2 rings (SSSR count). The van der Waals surface area contributed by atoms with Gasteiger partial charge in [0.25, 0.3) is 0 Å². The summed E-state index contributed by atoms with van der Waals surface area (Å²) in [5, 5.41) is 1.32. The second-order valence-electron chi connectivity index (χ2n) is 4.51. The van der Waals surface area contributed by atoms with Gasteiger partial charge in [0, 0.05) is 22.4 Å². The first-order valence-corrected chi connectivity index (χ1v) is 7.03. The van der Waals surface area contributed by atoms with Crippen LogP contribution in [0.5, 0.6) is 0 Å². The molecule has 0 aliphatic carbocycles. The SMILES string of the molecule is CCC(C)/C(=C/c1ncc[nH]1)c1ccc(Cl)cc1Cl.Cl. The summed E-state index contributed by atoms with van der Waals surface area (Å²) in [7, 11) is 0. The van der Waals surface area contributed by atoms with E-state index in [0.29, 0.717) is 16.0 Å². The predicted molar refractivity (Wildman–Crippen MR) is 89.6 cm³/mol. The zero-order valence-electron chi connectivity index (χ0n) is 11.4. The highest BCUT2D eigenvalue weighted by molar-refractivity contribution is 6.35. The number of hydrogen-bond acceptors (Lipinski definition) is 1. The Kier molecular flexibility index (Phi) is 6.60. The van der Waals surface area contributed by atoms with Gasteiger partial charge in [-0.05, 0) is 41.7 Å². The third-order valence-electron chi connectivity index (χ3n) is 3.20. The van der Waals surface area contributed by atoms with E-state index < -0.39 is 0 Å². The van der Waals surface area contributed by atoms with E-state index in [0.717, 1.165) is 17.8 Å². The van der Waals surface area contributed by atoms with E-state index in [9.17, 15) is 0 Å². The van der Waals surface area contributed by atoms with Crippen LogP contribution in [0.3, 0.4) is 0 Å². The molecule has 1 heterocycles. The van der Waals surface area contributed by atoms with Gasteiger partial charge in [0.1, 0.15) is 5.82 Å². The molecule has 5 heteroatoms. The van der Waals surface area contributed by atoms with Crippen LogP contribution >= 0.6 is 35.6 Å². The average molecular weight is 332 g/mol. The number of rotatable bonds is 4. The maximum Gasteiger partial charge on any atom is 0.130 e. The number of nitrogens with one attached hydrogen (secondary N) is 1. The maximum absolute atomic E-state index is 6.31. The zero-order valence-corrected chi connectivity index (χ0v) is 13.7. The van der Waals surface area contributed by atoms with Crippen LogP contribution in [0.2, 0.25) is 10.0 Å². The molecule has 0 aliphatic heterocycles. The largest absolute Gasteiger partial charge is 0.345 e. The molecule has 0 bridgehead atoms. The van der Waals surface area contributed by atoms with Crippen molar-refractivity contribution >= 4 is 47.3 Å². The highest BCUT2D eigenvalue weighted by atomic mass is 35.5. The molecule has 2 aromatic rings. The Morgan fingerprint density at radius 2 is 2.15 bits per heavy atom. The van der Waals surface area contributed by atoms with Gasteiger partial charge < -0.3 is 4.98 Å². The molecule has 1 aromatic carbocycles. The zero-order chi connectivity index (χ0) is 13.8. The molecule has 0 saturated heterocycles. The van der Waals surface area contributed by atoms with Crippen LogP contribution in [0.4, 0.5) is 0 Å². The number of aromatic nitrogens is 2. The monoisotopic (exact) mass is 330 g/mol. The van der Waals surface area contributed by atoms with Gasteiger partial charge in [-0.15, -0.1) is 12.4 Å². The number of halogens is 3. The molecule has 1 atom stereocenters. The lowest BCUT2D eigenvalue weighted by Gasteiger charge is -2.16.